The van der Waals surface area contributed by atoms with Crippen LogP contribution < -0.4 is 4.74 Å². The second-order valence-corrected chi connectivity index (χ2v) is 5.06. The van der Waals surface area contributed by atoms with E-state index in [0.29, 0.717) is 25.5 Å². The zero-order valence-corrected chi connectivity index (χ0v) is 12.7. The molecular weight excluding hydrogens is 262 g/mol. The first kappa shape index (κ1) is 15.8. The van der Waals surface area contributed by atoms with Gasteiger partial charge < -0.3 is 9.64 Å². The van der Waals surface area contributed by atoms with Gasteiger partial charge in [-0.05, 0) is 31.4 Å². The molecule has 0 bridgehead atoms. The molecule has 4 heteroatoms. The third kappa shape index (κ3) is 5.11. The molecule has 0 atom stereocenters. The number of alkyl halides is 1. The number of hydrogen-bond acceptors (Lipinski definition) is 2. The lowest BCUT2D eigenvalue weighted by molar-refractivity contribution is -0.129. The Labute approximate surface area is 120 Å². The number of aryl methyl sites for hydroxylation is 2. The number of amides is 1. The molecular formula is C15H22ClNO2. The molecule has 0 N–H and O–H groups in total. The van der Waals surface area contributed by atoms with Crippen molar-refractivity contribution in [1.29, 1.82) is 0 Å². The quantitative estimate of drug-likeness (QED) is 0.568. The number of benzene rings is 1. The van der Waals surface area contributed by atoms with Crippen molar-refractivity contribution in [3.05, 3.63) is 29.3 Å². The molecule has 0 fully saturated rings. The first-order chi connectivity index (χ1) is 9.06. The van der Waals surface area contributed by atoms with E-state index in [0.717, 1.165) is 23.3 Å². The summed E-state index contributed by atoms with van der Waals surface area (Å²) in [5.74, 6) is 1.42. The van der Waals surface area contributed by atoms with E-state index in [1.54, 1.807) is 11.9 Å². The van der Waals surface area contributed by atoms with E-state index >= 15 is 0 Å². The molecule has 19 heavy (non-hydrogen) atoms. The third-order valence-electron chi connectivity index (χ3n) is 3.03. The molecule has 1 rings (SSSR count). The van der Waals surface area contributed by atoms with Gasteiger partial charge in [0, 0.05) is 25.9 Å². The number of rotatable bonds is 7. The fourth-order valence-electron chi connectivity index (χ4n) is 1.90. The molecule has 106 valence electrons. The normalized spacial score (nSPS) is 10.3. The number of para-hydroxylation sites is 1. The lowest BCUT2D eigenvalue weighted by Crippen LogP contribution is -2.28. The highest BCUT2D eigenvalue weighted by Crippen LogP contribution is 2.22. The molecule has 0 aliphatic carbocycles. The minimum atomic E-state index is 0.0853. The van der Waals surface area contributed by atoms with Crippen LogP contribution in [0.2, 0.25) is 0 Å². The van der Waals surface area contributed by atoms with Crippen molar-refractivity contribution in [2.75, 3.05) is 26.1 Å². The first-order valence-corrected chi connectivity index (χ1v) is 7.08. The summed E-state index contributed by atoms with van der Waals surface area (Å²) in [5, 5.41) is 0. The molecule has 0 heterocycles. The van der Waals surface area contributed by atoms with Crippen LogP contribution in [0.15, 0.2) is 18.2 Å². The van der Waals surface area contributed by atoms with Crippen LogP contribution in [0.1, 0.15) is 24.0 Å². The third-order valence-corrected chi connectivity index (χ3v) is 3.22. The van der Waals surface area contributed by atoms with Crippen molar-refractivity contribution >= 4 is 17.5 Å². The Hall–Kier alpha value is -1.22. The van der Waals surface area contributed by atoms with Gasteiger partial charge in [-0.1, -0.05) is 18.2 Å². The highest BCUT2D eigenvalue weighted by molar-refractivity contribution is 6.18. The van der Waals surface area contributed by atoms with Gasteiger partial charge in [0.15, 0.2) is 0 Å². The van der Waals surface area contributed by atoms with E-state index in [1.165, 1.54) is 0 Å². The second kappa shape index (κ2) is 8.05. The van der Waals surface area contributed by atoms with E-state index in [9.17, 15) is 4.79 Å². The Bertz CT molecular complexity index is 400. The number of nitrogens with zero attached hydrogens (tertiary/aromatic N) is 1. The number of carbonyl (C=O) groups excluding carboxylic acids is 1. The van der Waals surface area contributed by atoms with Crippen LogP contribution >= 0.6 is 11.6 Å². The Balaban J connectivity index is 2.33. The number of ether oxygens (including phenoxy) is 1. The number of carbonyl (C=O) groups is 1. The molecule has 3 nitrogen and oxygen atoms in total. The van der Waals surface area contributed by atoms with Gasteiger partial charge in [0.05, 0.1) is 6.61 Å². The highest BCUT2D eigenvalue weighted by Gasteiger charge is 2.08. The van der Waals surface area contributed by atoms with Gasteiger partial charge in [-0.3, -0.25) is 4.79 Å². The SMILES string of the molecule is Cc1cccc(C)c1OCCCN(C)C(=O)CCCl. The molecule has 1 amide bonds. The molecule has 0 unspecified atom stereocenters. The van der Waals surface area contributed by atoms with E-state index in [1.807, 2.05) is 32.0 Å². The monoisotopic (exact) mass is 283 g/mol. The smallest absolute Gasteiger partial charge is 0.223 e. The van der Waals surface area contributed by atoms with Crippen molar-refractivity contribution in [3.63, 3.8) is 0 Å². The summed E-state index contributed by atoms with van der Waals surface area (Å²) in [4.78, 5) is 13.2. The predicted molar refractivity (Wildman–Crippen MR) is 79.0 cm³/mol. The fraction of sp³-hybridized carbons (Fsp3) is 0.533. The Morgan fingerprint density at radius 3 is 2.53 bits per heavy atom. The van der Waals surface area contributed by atoms with Gasteiger partial charge in [0.1, 0.15) is 5.75 Å². The second-order valence-electron chi connectivity index (χ2n) is 4.68. The summed E-state index contributed by atoms with van der Waals surface area (Å²) in [7, 11) is 1.80. The average molecular weight is 284 g/mol. The molecule has 0 saturated carbocycles. The van der Waals surface area contributed by atoms with Crippen LogP contribution in [0.5, 0.6) is 5.75 Å². The number of hydrogen-bond donors (Lipinski definition) is 0. The minimum absolute atomic E-state index is 0.0853. The van der Waals surface area contributed by atoms with E-state index in [2.05, 4.69) is 0 Å². The summed E-state index contributed by atoms with van der Waals surface area (Å²) in [6, 6.07) is 6.10. The van der Waals surface area contributed by atoms with Crippen molar-refractivity contribution in [2.45, 2.75) is 26.7 Å². The fourth-order valence-corrected chi connectivity index (χ4v) is 2.06. The van der Waals surface area contributed by atoms with Crippen LogP contribution in [0.4, 0.5) is 0 Å². The van der Waals surface area contributed by atoms with Gasteiger partial charge in [-0.25, -0.2) is 0 Å². The lowest BCUT2D eigenvalue weighted by atomic mass is 10.1. The average Bonchev–Trinajstić information content (AvgIpc) is 2.37. The van der Waals surface area contributed by atoms with Gasteiger partial charge in [0.2, 0.25) is 5.91 Å². The largest absolute Gasteiger partial charge is 0.493 e. The minimum Gasteiger partial charge on any atom is -0.493 e. The van der Waals surface area contributed by atoms with E-state index in [-0.39, 0.29) is 5.91 Å². The van der Waals surface area contributed by atoms with Gasteiger partial charge >= 0.3 is 0 Å². The van der Waals surface area contributed by atoms with Crippen molar-refractivity contribution in [2.24, 2.45) is 0 Å². The van der Waals surface area contributed by atoms with E-state index in [4.69, 9.17) is 16.3 Å². The van der Waals surface area contributed by atoms with Gasteiger partial charge in [0.25, 0.3) is 0 Å². The highest BCUT2D eigenvalue weighted by atomic mass is 35.5. The summed E-state index contributed by atoms with van der Waals surface area (Å²) in [6.07, 6.45) is 1.22. The van der Waals surface area contributed by atoms with E-state index < -0.39 is 0 Å². The topological polar surface area (TPSA) is 29.5 Å². The Morgan fingerprint density at radius 1 is 1.32 bits per heavy atom. The standard InChI is InChI=1S/C15H22ClNO2/c1-12-6-4-7-13(2)15(12)19-11-5-10-17(3)14(18)8-9-16/h4,6-7H,5,8-11H2,1-3H3. The Kier molecular flexibility index (Phi) is 6.71. The maximum absolute atomic E-state index is 11.5. The van der Waals surface area contributed by atoms with Crippen molar-refractivity contribution in [3.8, 4) is 5.75 Å². The zero-order chi connectivity index (χ0) is 14.3. The lowest BCUT2D eigenvalue weighted by Gasteiger charge is -2.17. The molecule has 0 radical (unpaired) electrons. The predicted octanol–water partition coefficient (Wildman–Crippen LogP) is 3.16. The van der Waals surface area contributed by atoms with Gasteiger partial charge in [-0.15, -0.1) is 11.6 Å². The molecule has 0 aromatic heterocycles. The maximum atomic E-state index is 11.5. The van der Waals surface area contributed by atoms with Crippen molar-refractivity contribution < 1.29 is 9.53 Å². The molecule has 0 aliphatic heterocycles. The number of halogens is 1. The maximum Gasteiger partial charge on any atom is 0.223 e. The summed E-state index contributed by atoms with van der Waals surface area (Å²) >= 11 is 5.54. The van der Waals surface area contributed by atoms with Crippen LogP contribution in [0, 0.1) is 13.8 Å². The summed E-state index contributed by atoms with van der Waals surface area (Å²) in [6.45, 7) is 5.39. The first-order valence-electron chi connectivity index (χ1n) is 6.55. The summed E-state index contributed by atoms with van der Waals surface area (Å²) in [5.41, 5.74) is 2.29. The van der Waals surface area contributed by atoms with Crippen molar-refractivity contribution in [1.82, 2.24) is 4.90 Å². The molecule has 1 aromatic rings. The molecule has 1 aromatic carbocycles. The van der Waals surface area contributed by atoms with Crippen LogP contribution in [0.25, 0.3) is 0 Å². The van der Waals surface area contributed by atoms with Crippen LogP contribution in [-0.2, 0) is 4.79 Å². The molecule has 0 spiro atoms. The van der Waals surface area contributed by atoms with Gasteiger partial charge in [-0.2, -0.15) is 0 Å². The molecule has 0 saturated heterocycles. The van der Waals surface area contributed by atoms with Crippen LogP contribution in [0.3, 0.4) is 0 Å². The molecule has 0 aliphatic rings. The van der Waals surface area contributed by atoms with Crippen LogP contribution in [-0.4, -0.2) is 36.9 Å². The Morgan fingerprint density at radius 2 is 1.95 bits per heavy atom. The zero-order valence-electron chi connectivity index (χ0n) is 11.9. The summed E-state index contributed by atoms with van der Waals surface area (Å²) < 4.78 is 5.79.